The predicted octanol–water partition coefficient (Wildman–Crippen LogP) is 2.45. The van der Waals surface area contributed by atoms with Gasteiger partial charge in [0, 0.05) is 31.0 Å². The van der Waals surface area contributed by atoms with Gasteiger partial charge in [-0.3, -0.25) is 4.98 Å². The molecule has 2 heterocycles. The zero-order valence-corrected chi connectivity index (χ0v) is 11.1. The van der Waals surface area contributed by atoms with Gasteiger partial charge in [0.2, 0.25) is 0 Å². The van der Waals surface area contributed by atoms with Gasteiger partial charge in [0.05, 0.1) is 18.2 Å². The second-order valence-corrected chi connectivity index (χ2v) is 4.67. The van der Waals surface area contributed by atoms with Crippen molar-refractivity contribution in [3.63, 3.8) is 0 Å². The van der Waals surface area contributed by atoms with Gasteiger partial charge in [-0.15, -0.1) is 0 Å². The topological polar surface area (TPSA) is 56.7 Å². The van der Waals surface area contributed by atoms with E-state index in [1.165, 1.54) is 5.56 Å². The number of benzene rings is 1. The molecular weight excluding hydrogens is 248 g/mol. The molecule has 4 heteroatoms. The highest BCUT2D eigenvalue weighted by atomic mass is 15.0. The average molecular weight is 264 g/mol. The molecule has 0 spiro atoms. The number of imidazole rings is 1. The molecule has 0 aliphatic carbocycles. The molecule has 0 saturated carbocycles. The van der Waals surface area contributed by atoms with E-state index >= 15 is 0 Å². The molecule has 0 saturated heterocycles. The van der Waals surface area contributed by atoms with Crippen LogP contribution in [0.5, 0.6) is 0 Å². The van der Waals surface area contributed by atoms with Crippen molar-refractivity contribution in [2.75, 3.05) is 0 Å². The smallest absolute Gasteiger partial charge is 0.0954 e. The first-order chi connectivity index (χ1) is 9.86. The summed E-state index contributed by atoms with van der Waals surface area (Å²) in [6.45, 7) is 1.36. The third kappa shape index (κ3) is 2.60. The minimum atomic E-state index is 0.576. The quantitative estimate of drug-likeness (QED) is 0.787. The molecule has 0 aliphatic heterocycles. The van der Waals surface area contributed by atoms with E-state index in [0.29, 0.717) is 6.54 Å². The molecule has 0 amide bonds. The third-order valence-electron chi connectivity index (χ3n) is 3.28. The molecule has 0 radical (unpaired) electrons. The van der Waals surface area contributed by atoms with Crippen LogP contribution in [-0.2, 0) is 13.1 Å². The van der Waals surface area contributed by atoms with Crippen LogP contribution in [0, 0.1) is 0 Å². The van der Waals surface area contributed by atoms with Gasteiger partial charge in [0.1, 0.15) is 0 Å². The van der Waals surface area contributed by atoms with E-state index in [2.05, 4.69) is 38.8 Å². The van der Waals surface area contributed by atoms with Crippen molar-refractivity contribution in [1.29, 1.82) is 0 Å². The van der Waals surface area contributed by atoms with Crippen LogP contribution >= 0.6 is 0 Å². The number of rotatable bonds is 4. The summed E-state index contributed by atoms with van der Waals surface area (Å²) in [7, 11) is 0. The molecular formula is C16H16N4. The lowest BCUT2D eigenvalue weighted by Gasteiger charge is -2.08. The van der Waals surface area contributed by atoms with Gasteiger partial charge < -0.3 is 10.3 Å². The highest BCUT2D eigenvalue weighted by Gasteiger charge is 2.05. The van der Waals surface area contributed by atoms with Gasteiger partial charge >= 0.3 is 0 Å². The minimum absolute atomic E-state index is 0.576. The molecule has 2 aromatic heterocycles. The Bertz CT molecular complexity index is 671. The van der Waals surface area contributed by atoms with Crippen molar-refractivity contribution in [2.45, 2.75) is 13.1 Å². The average Bonchev–Trinajstić information content (AvgIpc) is 2.97. The van der Waals surface area contributed by atoms with Crippen molar-refractivity contribution in [3.05, 3.63) is 72.4 Å². The Balaban J connectivity index is 1.86. The maximum atomic E-state index is 5.61. The van der Waals surface area contributed by atoms with Crippen molar-refractivity contribution >= 4 is 0 Å². The summed E-state index contributed by atoms with van der Waals surface area (Å²) in [6, 6.07) is 12.3. The molecule has 3 aromatic rings. The fourth-order valence-corrected chi connectivity index (χ4v) is 2.18. The molecule has 0 atom stereocenters. The lowest BCUT2D eigenvalue weighted by molar-refractivity contribution is 0.803. The first kappa shape index (κ1) is 12.6. The molecule has 20 heavy (non-hydrogen) atoms. The van der Waals surface area contributed by atoms with Gasteiger partial charge in [0.15, 0.2) is 0 Å². The standard InChI is InChI=1S/C16H16N4/c17-8-13-3-5-14(6-4-13)11-20-12-19-10-16(20)15-2-1-7-18-9-15/h1-7,9-10,12H,8,11,17H2. The molecule has 3 rings (SSSR count). The van der Waals surface area contributed by atoms with Gasteiger partial charge in [-0.25, -0.2) is 4.98 Å². The maximum absolute atomic E-state index is 5.61. The van der Waals surface area contributed by atoms with Crippen molar-refractivity contribution in [1.82, 2.24) is 14.5 Å². The summed E-state index contributed by atoms with van der Waals surface area (Å²) in [6.07, 6.45) is 7.34. The predicted molar refractivity (Wildman–Crippen MR) is 78.9 cm³/mol. The summed E-state index contributed by atoms with van der Waals surface area (Å²) in [5.41, 5.74) is 10.1. The van der Waals surface area contributed by atoms with E-state index in [9.17, 15) is 0 Å². The first-order valence-corrected chi connectivity index (χ1v) is 6.55. The van der Waals surface area contributed by atoms with E-state index in [1.54, 1.807) is 6.20 Å². The molecule has 0 aliphatic rings. The number of nitrogens with zero attached hydrogens (tertiary/aromatic N) is 3. The van der Waals surface area contributed by atoms with Crippen LogP contribution < -0.4 is 5.73 Å². The summed E-state index contributed by atoms with van der Waals surface area (Å²) < 4.78 is 2.12. The van der Waals surface area contributed by atoms with Crippen molar-refractivity contribution in [2.24, 2.45) is 5.73 Å². The second-order valence-electron chi connectivity index (χ2n) is 4.67. The Morgan fingerprint density at radius 2 is 1.75 bits per heavy atom. The minimum Gasteiger partial charge on any atom is -0.326 e. The molecule has 0 fully saturated rings. The Kier molecular flexibility index (Phi) is 3.56. The normalized spacial score (nSPS) is 10.7. The Morgan fingerprint density at radius 1 is 0.950 bits per heavy atom. The van der Waals surface area contributed by atoms with Crippen LogP contribution in [0.15, 0.2) is 61.3 Å². The number of hydrogen-bond donors (Lipinski definition) is 1. The van der Waals surface area contributed by atoms with E-state index < -0.39 is 0 Å². The largest absolute Gasteiger partial charge is 0.326 e. The van der Waals surface area contributed by atoms with Gasteiger partial charge in [0.25, 0.3) is 0 Å². The van der Waals surface area contributed by atoms with E-state index in [-0.39, 0.29) is 0 Å². The highest BCUT2D eigenvalue weighted by molar-refractivity contribution is 5.57. The van der Waals surface area contributed by atoms with E-state index in [1.807, 2.05) is 30.9 Å². The van der Waals surface area contributed by atoms with Crippen LogP contribution in [-0.4, -0.2) is 14.5 Å². The number of hydrogen-bond acceptors (Lipinski definition) is 3. The van der Waals surface area contributed by atoms with E-state index in [4.69, 9.17) is 5.73 Å². The number of pyridine rings is 1. The van der Waals surface area contributed by atoms with Crippen LogP contribution in [0.3, 0.4) is 0 Å². The Labute approximate surface area is 117 Å². The SMILES string of the molecule is NCc1ccc(Cn2cncc2-c2cccnc2)cc1. The molecule has 1 aromatic carbocycles. The lowest BCUT2D eigenvalue weighted by atomic mass is 10.1. The summed E-state index contributed by atoms with van der Waals surface area (Å²) in [5, 5.41) is 0. The fraction of sp³-hybridized carbons (Fsp3) is 0.125. The summed E-state index contributed by atoms with van der Waals surface area (Å²) in [5.74, 6) is 0. The Hall–Kier alpha value is -2.46. The summed E-state index contributed by atoms with van der Waals surface area (Å²) >= 11 is 0. The highest BCUT2D eigenvalue weighted by Crippen LogP contribution is 2.18. The van der Waals surface area contributed by atoms with Gasteiger partial charge in [-0.1, -0.05) is 24.3 Å². The van der Waals surface area contributed by atoms with Gasteiger partial charge in [-0.2, -0.15) is 0 Å². The van der Waals surface area contributed by atoms with Gasteiger partial charge in [-0.05, 0) is 23.3 Å². The zero-order valence-electron chi connectivity index (χ0n) is 11.1. The monoisotopic (exact) mass is 264 g/mol. The van der Waals surface area contributed by atoms with Crippen LogP contribution in [0.1, 0.15) is 11.1 Å². The van der Waals surface area contributed by atoms with Crippen molar-refractivity contribution < 1.29 is 0 Å². The molecule has 4 nitrogen and oxygen atoms in total. The molecule has 2 N–H and O–H groups in total. The zero-order chi connectivity index (χ0) is 13.8. The molecule has 0 unspecified atom stereocenters. The van der Waals surface area contributed by atoms with Crippen LogP contribution in [0.25, 0.3) is 11.3 Å². The number of aromatic nitrogens is 3. The maximum Gasteiger partial charge on any atom is 0.0954 e. The van der Waals surface area contributed by atoms with Crippen molar-refractivity contribution in [3.8, 4) is 11.3 Å². The lowest BCUT2D eigenvalue weighted by Crippen LogP contribution is -2.01. The van der Waals surface area contributed by atoms with Crippen LogP contribution in [0.2, 0.25) is 0 Å². The second kappa shape index (κ2) is 5.67. The number of nitrogens with two attached hydrogens (primary N) is 1. The first-order valence-electron chi connectivity index (χ1n) is 6.55. The summed E-state index contributed by atoms with van der Waals surface area (Å²) in [4.78, 5) is 8.40. The fourth-order valence-electron chi connectivity index (χ4n) is 2.18. The Morgan fingerprint density at radius 3 is 2.45 bits per heavy atom. The molecule has 100 valence electrons. The third-order valence-corrected chi connectivity index (χ3v) is 3.28. The molecule has 0 bridgehead atoms. The van der Waals surface area contributed by atoms with Crippen LogP contribution in [0.4, 0.5) is 0 Å². The van der Waals surface area contributed by atoms with E-state index in [0.717, 1.165) is 23.4 Å².